The smallest absolute Gasteiger partial charge is 0.410 e. The lowest BCUT2D eigenvalue weighted by molar-refractivity contribution is -0.173. The summed E-state index contributed by atoms with van der Waals surface area (Å²) in [5, 5.41) is 9.72. The number of benzene rings is 2. The Hall–Kier alpha value is -3.69. The van der Waals surface area contributed by atoms with Crippen molar-refractivity contribution in [3.05, 3.63) is 71.4 Å². The van der Waals surface area contributed by atoms with Gasteiger partial charge < -0.3 is 20.1 Å². The van der Waals surface area contributed by atoms with E-state index in [-0.39, 0.29) is 24.3 Å². The number of hydrogen-bond donors (Lipinski definition) is 2. The highest BCUT2D eigenvalue weighted by molar-refractivity contribution is 5.98. The summed E-state index contributed by atoms with van der Waals surface area (Å²) in [5.74, 6) is 0.642. The first-order valence-electron chi connectivity index (χ1n) is 10.3. The van der Waals surface area contributed by atoms with E-state index in [1.165, 1.54) is 7.11 Å². The number of ether oxygens (including phenoxy) is 2. The zero-order valence-electron chi connectivity index (χ0n) is 18.0. The van der Waals surface area contributed by atoms with Crippen molar-refractivity contribution in [3.63, 3.8) is 0 Å². The van der Waals surface area contributed by atoms with E-state index in [0.717, 1.165) is 16.4 Å². The minimum absolute atomic E-state index is 0.0201. The molecule has 0 saturated carbocycles. The molecule has 2 heterocycles. The Kier molecular flexibility index (Phi) is 6.17. The molecule has 2 atom stereocenters. The molecule has 2 aromatic carbocycles. The number of para-hydroxylation sites is 1. The molecule has 174 valence electrons. The van der Waals surface area contributed by atoms with Gasteiger partial charge in [0.2, 0.25) is 0 Å². The summed E-state index contributed by atoms with van der Waals surface area (Å²) in [7, 11) is 3.02. The van der Waals surface area contributed by atoms with Crippen molar-refractivity contribution in [1.82, 2.24) is 15.1 Å². The summed E-state index contributed by atoms with van der Waals surface area (Å²) < 4.78 is 53.0. The van der Waals surface area contributed by atoms with Crippen LogP contribution >= 0.6 is 0 Å². The molecule has 1 aliphatic heterocycles. The number of alkyl halides is 3. The molecule has 2 N–H and O–H groups in total. The van der Waals surface area contributed by atoms with Crippen LogP contribution in [0.5, 0.6) is 11.5 Å². The van der Waals surface area contributed by atoms with Crippen molar-refractivity contribution in [2.45, 2.75) is 31.2 Å². The summed E-state index contributed by atoms with van der Waals surface area (Å²) in [6.07, 6.45) is -3.67. The first-order valence-corrected chi connectivity index (χ1v) is 10.3. The van der Waals surface area contributed by atoms with Crippen LogP contribution in [-0.4, -0.2) is 36.1 Å². The second-order valence-corrected chi connectivity index (χ2v) is 7.61. The molecule has 2 unspecified atom stereocenters. The lowest BCUT2D eigenvalue weighted by Gasteiger charge is -2.34. The highest BCUT2D eigenvalue weighted by Gasteiger charge is 2.47. The van der Waals surface area contributed by atoms with E-state index in [2.05, 4.69) is 15.7 Å². The van der Waals surface area contributed by atoms with Crippen molar-refractivity contribution in [1.29, 1.82) is 0 Å². The maximum atomic E-state index is 13.9. The number of fused-ring (bicyclic) bond motifs is 1. The van der Waals surface area contributed by atoms with Crippen LogP contribution in [-0.2, 0) is 6.54 Å². The largest absolute Gasteiger partial charge is 0.497 e. The second-order valence-electron chi connectivity index (χ2n) is 7.61. The quantitative estimate of drug-likeness (QED) is 0.567. The number of hydrogen-bond acceptors (Lipinski definition) is 5. The third-order valence-electron chi connectivity index (χ3n) is 5.61. The zero-order chi connectivity index (χ0) is 23.6. The van der Waals surface area contributed by atoms with Gasteiger partial charge in [0.15, 0.2) is 6.04 Å². The van der Waals surface area contributed by atoms with E-state index in [1.807, 2.05) is 0 Å². The van der Waals surface area contributed by atoms with Gasteiger partial charge in [-0.3, -0.25) is 4.79 Å². The Labute approximate surface area is 188 Å². The molecule has 3 aromatic rings. The van der Waals surface area contributed by atoms with Gasteiger partial charge in [0.25, 0.3) is 5.91 Å². The number of halogens is 3. The maximum Gasteiger partial charge on any atom is 0.410 e. The van der Waals surface area contributed by atoms with Crippen LogP contribution in [0.25, 0.3) is 0 Å². The van der Waals surface area contributed by atoms with Gasteiger partial charge in [-0.2, -0.15) is 18.3 Å². The first-order chi connectivity index (χ1) is 15.8. The number of rotatable bonds is 6. The van der Waals surface area contributed by atoms with Crippen LogP contribution in [0.15, 0.2) is 54.7 Å². The average molecular weight is 460 g/mol. The standard InChI is InChI=1S/C23H23F3N4O3/c1-32-15-9-7-14(8-10-15)12-27-22(31)17-13-28-30-20(23(24,25)26)11-18(29-21(17)30)16-5-3-4-6-19(16)33-2/h3-10,13,18,20,29H,11-12H2,1-2H3,(H,27,31). The van der Waals surface area contributed by atoms with Gasteiger partial charge in [-0.25, -0.2) is 4.68 Å². The minimum atomic E-state index is -4.54. The highest BCUT2D eigenvalue weighted by Crippen LogP contribution is 2.45. The molecule has 1 aromatic heterocycles. The molecular weight excluding hydrogens is 437 g/mol. The lowest BCUT2D eigenvalue weighted by atomic mass is 9.95. The average Bonchev–Trinajstić information content (AvgIpc) is 3.25. The van der Waals surface area contributed by atoms with Crippen molar-refractivity contribution >= 4 is 11.7 Å². The van der Waals surface area contributed by atoms with Crippen LogP contribution < -0.4 is 20.1 Å². The SMILES string of the molecule is COc1ccc(CNC(=O)c2cnn3c2NC(c2ccccc2OC)CC3C(F)(F)F)cc1. The Morgan fingerprint density at radius 3 is 2.55 bits per heavy atom. The van der Waals surface area contributed by atoms with Gasteiger partial charge in [0.1, 0.15) is 22.9 Å². The number of amides is 1. The molecule has 0 fully saturated rings. The number of carbonyl (C=O) groups is 1. The zero-order valence-corrected chi connectivity index (χ0v) is 18.0. The van der Waals surface area contributed by atoms with Gasteiger partial charge >= 0.3 is 6.18 Å². The van der Waals surface area contributed by atoms with E-state index >= 15 is 0 Å². The fourth-order valence-electron chi connectivity index (χ4n) is 3.91. The fourth-order valence-corrected chi connectivity index (χ4v) is 3.91. The first kappa shape index (κ1) is 22.5. The van der Waals surface area contributed by atoms with Gasteiger partial charge in [-0.1, -0.05) is 30.3 Å². The number of nitrogens with one attached hydrogen (secondary N) is 2. The minimum Gasteiger partial charge on any atom is -0.497 e. The van der Waals surface area contributed by atoms with E-state index in [1.54, 1.807) is 55.6 Å². The van der Waals surface area contributed by atoms with Crippen LogP contribution in [0.3, 0.4) is 0 Å². The Morgan fingerprint density at radius 2 is 1.88 bits per heavy atom. The molecule has 0 radical (unpaired) electrons. The van der Waals surface area contributed by atoms with Gasteiger partial charge in [-0.05, 0) is 23.8 Å². The van der Waals surface area contributed by atoms with Crippen LogP contribution in [0.2, 0.25) is 0 Å². The van der Waals surface area contributed by atoms with Crippen LogP contribution in [0, 0.1) is 0 Å². The number of anilines is 1. The number of aromatic nitrogens is 2. The van der Waals surface area contributed by atoms with Gasteiger partial charge in [0.05, 0.1) is 26.5 Å². The predicted molar refractivity (Wildman–Crippen MR) is 115 cm³/mol. The second kappa shape index (κ2) is 9.05. The van der Waals surface area contributed by atoms with Crippen LogP contribution in [0.1, 0.15) is 40.0 Å². The molecule has 0 saturated heterocycles. The maximum absolute atomic E-state index is 13.9. The normalized spacial score (nSPS) is 17.6. The van der Waals surface area contributed by atoms with Gasteiger partial charge in [-0.15, -0.1) is 0 Å². The molecule has 4 rings (SSSR count). The summed E-state index contributed by atoms with van der Waals surface area (Å²) in [5.41, 5.74) is 1.43. The Morgan fingerprint density at radius 1 is 1.15 bits per heavy atom. The Bertz CT molecular complexity index is 1130. The topological polar surface area (TPSA) is 77.4 Å². The van der Waals surface area contributed by atoms with Crippen molar-refractivity contribution in [2.75, 3.05) is 19.5 Å². The number of methoxy groups -OCH3 is 2. The van der Waals surface area contributed by atoms with Crippen molar-refractivity contribution in [3.8, 4) is 11.5 Å². The summed E-state index contributed by atoms with van der Waals surface area (Å²) in [6.45, 7) is 0.200. The predicted octanol–water partition coefficient (Wildman–Crippen LogP) is 4.49. The lowest BCUT2D eigenvalue weighted by Crippen LogP contribution is -2.36. The van der Waals surface area contributed by atoms with Crippen molar-refractivity contribution < 1.29 is 27.4 Å². The summed E-state index contributed by atoms with van der Waals surface area (Å²) in [6, 6.07) is 11.4. The monoisotopic (exact) mass is 460 g/mol. The third kappa shape index (κ3) is 4.59. The number of nitrogens with zero attached hydrogens (tertiary/aromatic N) is 2. The molecule has 33 heavy (non-hydrogen) atoms. The molecule has 1 amide bonds. The molecule has 0 spiro atoms. The molecule has 1 aliphatic rings. The molecule has 0 bridgehead atoms. The van der Waals surface area contributed by atoms with E-state index < -0.39 is 24.2 Å². The summed E-state index contributed by atoms with van der Waals surface area (Å²) in [4.78, 5) is 12.9. The highest BCUT2D eigenvalue weighted by atomic mass is 19.4. The molecule has 10 heteroatoms. The molecule has 0 aliphatic carbocycles. The molecular formula is C23H23F3N4O3. The molecule has 7 nitrogen and oxygen atoms in total. The summed E-state index contributed by atoms with van der Waals surface area (Å²) >= 11 is 0. The van der Waals surface area contributed by atoms with E-state index in [0.29, 0.717) is 17.1 Å². The van der Waals surface area contributed by atoms with E-state index in [4.69, 9.17) is 9.47 Å². The van der Waals surface area contributed by atoms with Crippen molar-refractivity contribution in [2.24, 2.45) is 0 Å². The van der Waals surface area contributed by atoms with E-state index in [9.17, 15) is 18.0 Å². The fraction of sp³-hybridized carbons (Fsp3) is 0.304. The van der Waals surface area contributed by atoms with Crippen LogP contribution in [0.4, 0.5) is 19.0 Å². The van der Waals surface area contributed by atoms with Gasteiger partial charge in [0, 0.05) is 18.5 Å². The Balaban J connectivity index is 1.61. The number of carbonyl (C=O) groups excluding carboxylic acids is 1. The third-order valence-corrected chi connectivity index (χ3v) is 5.61.